The molecule has 0 spiro atoms. The number of fused-ring (bicyclic) bond motifs is 1. The lowest BCUT2D eigenvalue weighted by molar-refractivity contribution is -0.119. The van der Waals surface area contributed by atoms with E-state index in [4.69, 9.17) is 9.97 Å². The van der Waals surface area contributed by atoms with Gasteiger partial charge >= 0.3 is 0 Å². The second-order valence-corrected chi connectivity index (χ2v) is 8.69. The van der Waals surface area contributed by atoms with Crippen LogP contribution in [0.1, 0.15) is 60.8 Å². The first-order chi connectivity index (χ1) is 15.2. The van der Waals surface area contributed by atoms with Crippen molar-refractivity contribution in [2.45, 2.75) is 63.3 Å². The number of Topliss-reactive ketones (excluding diaryl/α,β-unsaturated/α-hetero) is 1. The van der Waals surface area contributed by atoms with Gasteiger partial charge in [-0.15, -0.1) is 0 Å². The Bertz CT molecular complexity index is 1100. The first kappa shape index (κ1) is 18.5. The smallest absolute Gasteiger partial charge is 0.228 e. The van der Waals surface area contributed by atoms with Crippen LogP contribution in [-0.4, -0.2) is 53.7 Å². The van der Waals surface area contributed by atoms with Gasteiger partial charge in [-0.3, -0.25) is 15.0 Å². The molecule has 6 rings (SSSR count). The van der Waals surface area contributed by atoms with E-state index in [9.17, 15) is 4.79 Å². The fourth-order valence-corrected chi connectivity index (χ4v) is 4.72. The van der Waals surface area contributed by atoms with Crippen LogP contribution in [0.3, 0.4) is 0 Å². The molecule has 3 aromatic rings. The van der Waals surface area contributed by atoms with Crippen LogP contribution in [0, 0.1) is 0 Å². The van der Waals surface area contributed by atoms with Crippen LogP contribution in [0.4, 0.5) is 17.6 Å². The Balaban J connectivity index is 1.27. The quantitative estimate of drug-likeness (QED) is 0.532. The molecule has 0 bridgehead atoms. The van der Waals surface area contributed by atoms with E-state index in [-0.39, 0.29) is 18.2 Å². The second-order valence-electron chi connectivity index (χ2n) is 8.69. The van der Waals surface area contributed by atoms with Crippen molar-refractivity contribution in [3.05, 3.63) is 35.2 Å². The molecular formula is C21H25N9O. The molecule has 1 saturated carbocycles. The molecule has 160 valence electrons. The van der Waals surface area contributed by atoms with Crippen molar-refractivity contribution in [1.29, 1.82) is 0 Å². The maximum atomic E-state index is 13.0. The third-order valence-corrected chi connectivity index (χ3v) is 6.47. The Morgan fingerprint density at radius 3 is 2.94 bits per heavy atom. The number of carbonyl (C=O) groups excluding carboxylic acids is 1. The van der Waals surface area contributed by atoms with E-state index in [1.807, 2.05) is 0 Å². The van der Waals surface area contributed by atoms with Crippen molar-refractivity contribution in [3.63, 3.8) is 0 Å². The van der Waals surface area contributed by atoms with Crippen LogP contribution in [0.25, 0.3) is 0 Å². The number of aromatic amines is 2. The number of nitrogens with zero attached hydrogens (tertiary/aromatic N) is 6. The zero-order chi connectivity index (χ0) is 20.8. The molecule has 10 heteroatoms. The maximum Gasteiger partial charge on any atom is 0.228 e. The Kier molecular flexibility index (Phi) is 4.43. The highest BCUT2D eigenvalue weighted by Crippen LogP contribution is 2.40. The fraction of sp³-hybridized carbons (Fsp3) is 0.524. The lowest BCUT2D eigenvalue weighted by Crippen LogP contribution is -2.38. The molecule has 4 heterocycles. The summed E-state index contributed by atoms with van der Waals surface area (Å²) in [7, 11) is 0. The van der Waals surface area contributed by atoms with Crippen LogP contribution in [0.5, 0.6) is 0 Å². The van der Waals surface area contributed by atoms with Gasteiger partial charge < -0.3 is 10.2 Å². The van der Waals surface area contributed by atoms with E-state index in [0.717, 1.165) is 56.0 Å². The predicted molar refractivity (Wildman–Crippen MR) is 113 cm³/mol. The lowest BCUT2D eigenvalue weighted by Gasteiger charge is -2.24. The van der Waals surface area contributed by atoms with Gasteiger partial charge in [-0.25, -0.2) is 9.97 Å². The molecule has 1 saturated heterocycles. The highest BCUT2D eigenvalue weighted by Gasteiger charge is 2.34. The van der Waals surface area contributed by atoms with E-state index in [0.29, 0.717) is 17.7 Å². The molecule has 0 amide bonds. The van der Waals surface area contributed by atoms with E-state index >= 15 is 0 Å². The number of aryl methyl sites for hydroxylation is 1. The van der Waals surface area contributed by atoms with Gasteiger partial charge in [0.1, 0.15) is 18.0 Å². The van der Waals surface area contributed by atoms with Crippen molar-refractivity contribution in [3.8, 4) is 0 Å². The molecule has 2 fully saturated rings. The highest BCUT2D eigenvalue weighted by atomic mass is 16.1. The summed E-state index contributed by atoms with van der Waals surface area (Å²) in [5, 5.41) is 17.6. The SMILES string of the molecule is O=C(Cc1ncn[nH]1)C1CCCN1c1nc2c(c(Nc3cc(C4CC4)[nH]n3)n1)CCC2. The number of anilines is 3. The molecular weight excluding hydrogens is 394 g/mol. The van der Waals surface area contributed by atoms with Crippen molar-refractivity contribution >= 4 is 23.4 Å². The molecule has 1 unspecified atom stereocenters. The first-order valence-corrected chi connectivity index (χ1v) is 11.1. The van der Waals surface area contributed by atoms with Crippen LogP contribution in [0.15, 0.2) is 12.4 Å². The molecule has 31 heavy (non-hydrogen) atoms. The Morgan fingerprint density at radius 2 is 2.10 bits per heavy atom. The van der Waals surface area contributed by atoms with Crippen molar-refractivity contribution < 1.29 is 4.79 Å². The summed E-state index contributed by atoms with van der Waals surface area (Å²) in [6.45, 7) is 0.777. The monoisotopic (exact) mass is 419 g/mol. The number of carbonyl (C=O) groups is 1. The molecule has 3 aliphatic rings. The van der Waals surface area contributed by atoms with E-state index in [2.05, 4.69) is 41.7 Å². The molecule has 0 radical (unpaired) electrons. The van der Waals surface area contributed by atoms with Crippen LogP contribution in [0.2, 0.25) is 0 Å². The summed E-state index contributed by atoms with van der Waals surface area (Å²) < 4.78 is 0. The molecule has 3 aromatic heterocycles. The number of hydrogen-bond acceptors (Lipinski definition) is 8. The van der Waals surface area contributed by atoms with Crippen molar-refractivity contribution in [2.24, 2.45) is 0 Å². The highest BCUT2D eigenvalue weighted by molar-refractivity contribution is 5.88. The predicted octanol–water partition coefficient (Wildman–Crippen LogP) is 2.21. The molecule has 1 aliphatic heterocycles. The summed E-state index contributed by atoms with van der Waals surface area (Å²) in [6.07, 6.45) is 8.86. The van der Waals surface area contributed by atoms with Crippen LogP contribution in [-0.2, 0) is 24.1 Å². The Hall–Kier alpha value is -3.30. The standard InChI is InChI=1S/C21H25N9O/c31-17(10-18-22-11-23-28-18)16-5-2-8-30(16)21-24-14-4-1-3-13(14)20(26-21)25-19-9-15(27-29-19)12-6-7-12/h9,11-12,16H,1-8,10H2,(H,22,23,28)(H2,24,25,26,27,29). The zero-order valence-electron chi connectivity index (χ0n) is 17.3. The Morgan fingerprint density at radius 1 is 1.16 bits per heavy atom. The number of nitrogens with one attached hydrogen (secondary N) is 3. The summed E-state index contributed by atoms with van der Waals surface area (Å²) in [5.41, 5.74) is 3.44. The largest absolute Gasteiger partial charge is 0.331 e. The average Bonchev–Trinajstić information content (AvgIpc) is 3.27. The summed E-state index contributed by atoms with van der Waals surface area (Å²) >= 11 is 0. The van der Waals surface area contributed by atoms with Gasteiger partial charge in [0.2, 0.25) is 5.95 Å². The summed E-state index contributed by atoms with van der Waals surface area (Å²) in [6, 6.07) is 1.85. The minimum atomic E-state index is -0.232. The molecule has 3 N–H and O–H groups in total. The zero-order valence-corrected chi connectivity index (χ0v) is 17.3. The second kappa shape index (κ2) is 7.44. The van der Waals surface area contributed by atoms with Gasteiger partial charge in [-0.2, -0.15) is 15.2 Å². The number of H-pyrrole nitrogens is 2. The molecule has 2 aliphatic carbocycles. The van der Waals surface area contributed by atoms with Gasteiger partial charge in [0.05, 0.1) is 18.2 Å². The van der Waals surface area contributed by atoms with Gasteiger partial charge in [0.15, 0.2) is 11.6 Å². The molecule has 0 aromatic carbocycles. The lowest BCUT2D eigenvalue weighted by atomic mass is 10.1. The average molecular weight is 419 g/mol. The fourth-order valence-electron chi connectivity index (χ4n) is 4.72. The minimum absolute atomic E-state index is 0.120. The normalized spacial score (nSPS) is 20.3. The van der Waals surface area contributed by atoms with Gasteiger partial charge in [-0.1, -0.05) is 0 Å². The topological polar surface area (TPSA) is 128 Å². The van der Waals surface area contributed by atoms with E-state index in [1.165, 1.54) is 30.4 Å². The number of ketones is 1. The minimum Gasteiger partial charge on any atom is -0.331 e. The maximum absolute atomic E-state index is 13.0. The molecule has 10 nitrogen and oxygen atoms in total. The third-order valence-electron chi connectivity index (χ3n) is 6.47. The van der Waals surface area contributed by atoms with Crippen LogP contribution < -0.4 is 10.2 Å². The summed E-state index contributed by atoms with van der Waals surface area (Å²) in [5.74, 6) is 3.58. The Labute approximate surface area is 179 Å². The van der Waals surface area contributed by atoms with Crippen molar-refractivity contribution in [2.75, 3.05) is 16.8 Å². The van der Waals surface area contributed by atoms with Gasteiger partial charge in [0, 0.05) is 29.8 Å². The third kappa shape index (κ3) is 3.55. The van der Waals surface area contributed by atoms with E-state index in [1.54, 1.807) is 0 Å². The summed E-state index contributed by atoms with van der Waals surface area (Å²) in [4.78, 5) is 28.9. The number of hydrogen-bond donors (Lipinski definition) is 3. The van der Waals surface area contributed by atoms with E-state index < -0.39 is 0 Å². The van der Waals surface area contributed by atoms with Crippen molar-refractivity contribution in [1.82, 2.24) is 35.3 Å². The first-order valence-electron chi connectivity index (χ1n) is 11.1. The molecule has 1 atom stereocenters. The number of rotatable bonds is 7. The van der Waals surface area contributed by atoms with Gasteiger partial charge in [-0.05, 0) is 44.9 Å². The van der Waals surface area contributed by atoms with Gasteiger partial charge in [0.25, 0.3) is 0 Å². The number of aromatic nitrogens is 7. The van der Waals surface area contributed by atoms with Crippen LogP contribution >= 0.6 is 0 Å².